The molecule has 2 rings (SSSR count). The quantitative estimate of drug-likeness (QED) is 0.878. The Bertz CT molecular complexity index is 583. The van der Waals surface area contributed by atoms with E-state index in [-0.39, 0.29) is 17.8 Å². The molecule has 0 aliphatic carbocycles. The van der Waals surface area contributed by atoms with Gasteiger partial charge < -0.3 is 9.84 Å². The van der Waals surface area contributed by atoms with Crippen molar-refractivity contribution in [2.75, 3.05) is 7.11 Å². The summed E-state index contributed by atoms with van der Waals surface area (Å²) in [6.07, 6.45) is 0.997. The molecule has 1 heterocycles. The summed E-state index contributed by atoms with van der Waals surface area (Å²) in [7, 11) is 1.45. The van der Waals surface area contributed by atoms with Gasteiger partial charge in [-0.15, -0.1) is 5.10 Å². The van der Waals surface area contributed by atoms with Gasteiger partial charge in [-0.25, -0.2) is 9.07 Å². The smallest absolute Gasteiger partial charge is 0.309 e. The van der Waals surface area contributed by atoms with Gasteiger partial charge >= 0.3 is 5.97 Å². The maximum absolute atomic E-state index is 13.7. The number of rotatable bonds is 4. The third-order valence-electron chi connectivity index (χ3n) is 2.33. The normalized spacial score (nSPS) is 10.3. The Labute approximate surface area is 102 Å². The average molecular weight is 251 g/mol. The Hall–Kier alpha value is -2.44. The number of aromatic nitrogens is 3. The molecule has 6 nitrogen and oxygen atoms in total. The molecule has 0 radical (unpaired) electrons. The number of benzene rings is 1. The summed E-state index contributed by atoms with van der Waals surface area (Å²) < 4.78 is 19.8. The van der Waals surface area contributed by atoms with E-state index in [0.717, 1.165) is 4.68 Å². The van der Waals surface area contributed by atoms with E-state index < -0.39 is 11.8 Å². The van der Waals surface area contributed by atoms with Gasteiger partial charge in [0.1, 0.15) is 17.3 Å². The van der Waals surface area contributed by atoms with Crippen LogP contribution in [0.2, 0.25) is 0 Å². The Kier molecular flexibility index (Phi) is 3.22. The second-order valence-electron chi connectivity index (χ2n) is 3.53. The Morgan fingerprint density at radius 2 is 2.33 bits per heavy atom. The van der Waals surface area contributed by atoms with Crippen molar-refractivity contribution in [1.82, 2.24) is 15.0 Å². The average Bonchev–Trinajstić information content (AvgIpc) is 2.77. The van der Waals surface area contributed by atoms with Crippen molar-refractivity contribution in [2.45, 2.75) is 6.42 Å². The molecule has 94 valence electrons. The van der Waals surface area contributed by atoms with Gasteiger partial charge in [-0.3, -0.25) is 4.79 Å². The minimum absolute atomic E-state index is 0.100. The topological polar surface area (TPSA) is 77.2 Å². The molecule has 18 heavy (non-hydrogen) atoms. The van der Waals surface area contributed by atoms with Gasteiger partial charge in [-0.2, -0.15) is 0 Å². The maximum atomic E-state index is 13.7. The summed E-state index contributed by atoms with van der Waals surface area (Å²) >= 11 is 0. The van der Waals surface area contributed by atoms with Crippen molar-refractivity contribution >= 4 is 5.97 Å². The SMILES string of the molecule is COc1ccc(F)c(-n2nncc2CC(=O)O)c1. The Morgan fingerprint density at radius 3 is 3.00 bits per heavy atom. The first kappa shape index (κ1) is 12.0. The lowest BCUT2D eigenvalue weighted by Gasteiger charge is -2.07. The first-order valence-electron chi connectivity index (χ1n) is 5.07. The second-order valence-corrected chi connectivity index (χ2v) is 3.53. The number of aliphatic carboxylic acids is 1. The van der Waals surface area contributed by atoms with Crippen molar-refractivity contribution < 1.29 is 19.0 Å². The number of methoxy groups -OCH3 is 1. The number of ether oxygens (including phenoxy) is 1. The monoisotopic (exact) mass is 251 g/mol. The van der Waals surface area contributed by atoms with Crippen LogP contribution in [0.3, 0.4) is 0 Å². The highest BCUT2D eigenvalue weighted by atomic mass is 19.1. The molecule has 0 amide bonds. The van der Waals surface area contributed by atoms with Gasteiger partial charge in [-0.05, 0) is 12.1 Å². The molecule has 0 aliphatic rings. The lowest BCUT2D eigenvalue weighted by molar-refractivity contribution is -0.136. The van der Waals surface area contributed by atoms with E-state index in [1.807, 2.05) is 0 Å². The van der Waals surface area contributed by atoms with Crippen LogP contribution in [0, 0.1) is 5.82 Å². The highest BCUT2D eigenvalue weighted by Gasteiger charge is 2.14. The van der Waals surface area contributed by atoms with Crippen LogP contribution in [0.1, 0.15) is 5.69 Å². The highest BCUT2D eigenvalue weighted by molar-refractivity contribution is 5.69. The van der Waals surface area contributed by atoms with Crippen LogP contribution in [-0.4, -0.2) is 33.2 Å². The van der Waals surface area contributed by atoms with Gasteiger partial charge in [0.2, 0.25) is 0 Å². The molecule has 1 N–H and O–H groups in total. The van der Waals surface area contributed by atoms with Gasteiger partial charge in [0.05, 0.1) is 25.4 Å². The van der Waals surface area contributed by atoms with Crippen molar-refractivity contribution in [3.8, 4) is 11.4 Å². The van der Waals surface area contributed by atoms with Crippen LogP contribution in [0.4, 0.5) is 4.39 Å². The molecule has 7 heteroatoms. The third-order valence-corrected chi connectivity index (χ3v) is 2.33. The largest absolute Gasteiger partial charge is 0.497 e. The lowest BCUT2D eigenvalue weighted by Crippen LogP contribution is -2.09. The molecule has 0 fully saturated rings. The Morgan fingerprint density at radius 1 is 1.56 bits per heavy atom. The molecular weight excluding hydrogens is 241 g/mol. The summed E-state index contributed by atoms with van der Waals surface area (Å²) in [4.78, 5) is 10.7. The number of hydrogen-bond donors (Lipinski definition) is 1. The van der Waals surface area contributed by atoms with Crippen LogP contribution in [0.25, 0.3) is 5.69 Å². The first-order chi connectivity index (χ1) is 8.61. The molecule has 2 aromatic rings. The fourth-order valence-corrected chi connectivity index (χ4v) is 1.52. The summed E-state index contributed by atoms with van der Waals surface area (Å²) in [5, 5.41) is 16.0. The van der Waals surface area contributed by atoms with E-state index >= 15 is 0 Å². The van der Waals surface area contributed by atoms with Gasteiger partial charge in [-0.1, -0.05) is 5.21 Å². The summed E-state index contributed by atoms with van der Waals surface area (Å²) in [5.41, 5.74) is 0.387. The maximum Gasteiger partial charge on any atom is 0.309 e. The molecule has 0 unspecified atom stereocenters. The number of halogens is 1. The molecule has 0 saturated heterocycles. The van der Waals surface area contributed by atoms with E-state index in [9.17, 15) is 9.18 Å². The summed E-state index contributed by atoms with van der Waals surface area (Å²) in [5.74, 6) is -1.13. The third kappa shape index (κ3) is 2.29. The van der Waals surface area contributed by atoms with Crippen molar-refractivity contribution in [3.05, 3.63) is 35.9 Å². The minimum Gasteiger partial charge on any atom is -0.497 e. The zero-order valence-electron chi connectivity index (χ0n) is 9.50. The molecular formula is C11H10FN3O3. The number of carboxylic acids is 1. The van der Waals surface area contributed by atoms with Crippen molar-refractivity contribution in [2.24, 2.45) is 0 Å². The Balaban J connectivity index is 2.48. The zero-order chi connectivity index (χ0) is 13.1. The fourth-order valence-electron chi connectivity index (χ4n) is 1.52. The lowest BCUT2D eigenvalue weighted by atomic mass is 10.2. The molecule has 1 aromatic heterocycles. The molecule has 0 spiro atoms. The first-order valence-corrected chi connectivity index (χ1v) is 5.07. The second kappa shape index (κ2) is 4.82. The van der Waals surface area contributed by atoms with Crippen LogP contribution < -0.4 is 4.74 Å². The molecule has 1 aromatic carbocycles. The van der Waals surface area contributed by atoms with E-state index in [4.69, 9.17) is 9.84 Å². The predicted octanol–water partition coefficient (Wildman–Crippen LogP) is 1.04. The van der Waals surface area contributed by atoms with Gasteiger partial charge in [0.15, 0.2) is 0 Å². The van der Waals surface area contributed by atoms with Gasteiger partial charge in [0.25, 0.3) is 0 Å². The molecule has 0 atom stereocenters. The number of carbonyl (C=O) groups is 1. The zero-order valence-corrected chi connectivity index (χ0v) is 9.50. The van der Waals surface area contributed by atoms with Crippen LogP contribution in [0.5, 0.6) is 5.75 Å². The van der Waals surface area contributed by atoms with E-state index in [2.05, 4.69) is 10.3 Å². The van der Waals surface area contributed by atoms with E-state index in [1.54, 1.807) is 0 Å². The predicted molar refractivity (Wildman–Crippen MR) is 59.2 cm³/mol. The highest BCUT2D eigenvalue weighted by Crippen LogP contribution is 2.20. The standard InChI is InChI=1S/C11H10FN3O3/c1-18-8-2-3-9(12)10(5-8)15-7(4-11(16)17)6-13-14-15/h2-3,5-6H,4H2,1H3,(H,16,17). The number of hydrogen-bond acceptors (Lipinski definition) is 4. The van der Waals surface area contributed by atoms with Crippen molar-refractivity contribution in [1.29, 1.82) is 0 Å². The van der Waals surface area contributed by atoms with Gasteiger partial charge in [0, 0.05) is 6.07 Å². The van der Waals surface area contributed by atoms with Crippen LogP contribution >= 0.6 is 0 Å². The fraction of sp³-hybridized carbons (Fsp3) is 0.182. The molecule has 0 aliphatic heterocycles. The number of carboxylic acid groups (broad SMARTS) is 1. The van der Waals surface area contributed by atoms with E-state index in [1.165, 1.54) is 31.5 Å². The van der Waals surface area contributed by atoms with Crippen molar-refractivity contribution in [3.63, 3.8) is 0 Å². The minimum atomic E-state index is -1.04. The molecule has 0 bridgehead atoms. The summed E-state index contributed by atoms with van der Waals surface area (Å²) in [6, 6.07) is 4.11. The molecule has 0 saturated carbocycles. The van der Waals surface area contributed by atoms with Crippen LogP contribution in [-0.2, 0) is 11.2 Å². The number of nitrogens with zero attached hydrogens (tertiary/aromatic N) is 3. The van der Waals surface area contributed by atoms with E-state index in [0.29, 0.717) is 5.75 Å². The summed E-state index contributed by atoms with van der Waals surface area (Å²) in [6.45, 7) is 0. The van der Waals surface area contributed by atoms with Crippen LogP contribution in [0.15, 0.2) is 24.4 Å².